The second kappa shape index (κ2) is 6.04. The third-order valence-electron chi connectivity index (χ3n) is 3.47. The van der Waals surface area contributed by atoms with E-state index in [1.807, 2.05) is 36.9 Å². The smallest absolute Gasteiger partial charge is 0.345 e. The van der Waals surface area contributed by atoms with Crippen molar-refractivity contribution in [1.82, 2.24) is 0 Å². The second-order valence-electron chi connectivity index (χ2n) is 4.86. The molecule has 0 amide bonds. The van der Waals surface area contributed by atoms with Gasteiger partial charge in [0.2, 0.25) is 12.3 Å². The molecule has 0 N–H and O–H groups in total. The van der Waals surface area contributed by atoms with Crippen LogP contribution in [0.5, 0.6) is 11.5 Å². The molecule has 5 nitrogen and oxygen atoms in total. The van der Waals surface area contributed by atoms with Gasteiger partial charge < -0.3 is 14.2 Å². The second-order valence-corrected chi connectivity index (χ2v) is 6.13. The fourth-order valence-electron chi connectivity index (χ4n) is 2.53. The molecule has 0 bridgehead atoms. The van der Waals surface area contributed by atoms with Crippen molar-refractivity contribution < 1.29 is 23.6 Å². The van der Waals surface area contributed by atoms with Crippen LogP contribution in [0.1, 0.15) is 24.2 Å². The predicted octanol–water partition coefficient (Wildman–Crippen LogP) is 2.68. The minimum atomic E-state index is -0.298. The van der Waals surface area contributed by atoms with Crippen molar-refractivity contribution in [2.24, 2.45) is 7.05 Å². The lowest BCUT2D eigenvalue weighted by Crippen LogP contribution is -2.31. The van der Waals surface area contributed by atoms with Crippen LogP contribution < -0.4 is 14.0 Å². The summed E-state index contributed by atoms with van der Waals surface area (Å²) in [7, 11) is 1.91. The van der Waals surface area contributed by atoms with Gasteiger partial charge >= 0.3 is 5.97 Å². The molecule has 3 rings (SSSR count). The summed E-state index contributed by atoms with van der Waals surface area (Å²) in [5.74, 6) is 2.02. The van der Waals surface area contributed by atoms with Crippen LogP contribution in [-0.2, 0) is 11.8 Å². The maximum Gasteiger partial charge on any atom is 0.345 e. The van der Waals surface area contributed by atoms with Gasteiger partial charge in [-0.15, -0.1) is 11.8 Å². The van der Waals surface area contributed by atoms with Crippen molar-refractivity contribution >= 4 is 28.6 Å². The quantitative estimate of drug-likeness (QED) is 0.492. The Kier molecular flexibility index (Phi) is 4.11. The number of carbonyl (C=O) groups is 1. The SMILES string of the molecule is CCOC(=O)c1c[n+](C)c2cc3c(cc2c1SCC)OCO3. The standard InChI is InChI=1S/C16H18NO4S/c1-4-19-16(18)11-8-17(3)12-7-14-13(20-9-21-14)6-10(12)15(11)22-5-2/h6-8H,4-5,9H2,1-3H3/q+1. The molecule has 0 saturated heterocycles. The molecule has 0 radical (unpaired) electrons. The van der Waals surface area contributed by atoms with E-state index in [1.165, 1.54) is 0 Å². The van der Waals surface area contributed by atoms with E-state index in [0.717, 1.165) is 27.3 Å². The molecule has 22 heavy (non-hydrogen) atoms. The number of ether oxygens (including phenoxy) is 3. The number of benzene rings is 1. The van der Waals surface area contributed by atoms with Gasteiger partial charge in [-0.2, -0.15) is 4.57 Å². The summed E-state index contributed by atoms with van der Waals surface area (Å²) in [6, 6.07) is 3.89. The molecular weight excluding hydrogens is 302 g/mol. The van der Waals surface area contributed by atoms with Gasteiger partial charge in [-0.05, 0) is 18.7 Å². The summed E-state index contributed by atoms with van der Waals surface area (Å²) in [6.07, 6.45) is 1.82. The van der Waals surface area contributed by atoms with Crippen molar-refractivity contribution in [2.45, 2.75) is 18.7 Å². The summed E-state index contributed by atoms with van der Waals surface area (Å²) in [5, 5.41) is 0.976. The number of carbonyl (C=O) groups excluding carboxylic acids is 1. The molecular formula is C16H18NO4S+. The first-order chi connectivity index (χ1) is 10.7. The highest BCUT2D eigenvalue weighted by Gasteiger charge is 2.25. The van der Waals surface area contributed by atoms with E-state index in [2.05, 4.69) is 6.92 Å². The number of pyridine rings is 1. The first-order valence-electron chi connectivity index (χ1n) is 7.21. The fraction of sp³-hybridized carbons (Fsp3) is 0.375. The van der Waals surface area contributed by atoms with Crippen molar-refractivity contribution in [3.63, 3.8) is 0 Å². The maximum absolute atomic E-state index is 12.3. The Morgan fingerprint density at radius 3 is 2.73 bits per heavy atom. The first-order valence-corrected chi connectivity index (χ1v) is 8.20. The monoisotopic (exact) mass is 320 g/mol. The Balaban J connectivity index is 2.26. The Bertz CT molecular complexity index is 745. The number of thioether (sulfide) groups is 1. The van der Waals surface area contributed by atoms with E-state index < -0.39 is 0 Å². The summed E-state index contributed by atoms with van der Waals surface area (Å²) >= 11 is 1.63. The molecule has 0 unspecified atom stereocenters. The van der Waals surface area contributed by atoms with E-state index in [1.54, 1.807) is 11.8 Å². The fourth-order valence-corrected chi connectivity index (χ4v) is 3.43. The molecule has 1 aliphatic rings. The van der Waals surface area contributed by atoms with Crippen LogP contribution in [0.25, 0.3) is 10.9 Å². The van der Waals surface area contributed by atoms with E-state index in [4.69, 9.17) is 14.2 Å². The Morgan fingerprint density at radius 2 is 2.05 bits per heavy atom. The van der Waals surface area contributed by atoms with Crippen LogP contribution in [0.4, 0.5) is 0 Å². The minimum Gasteiger partial charge on any atom is -0.462 e. The molecule has 0 aliphatic carbocycles. The molecule has 2 heterocycles. The zero-order valence-electron chi connectivity index (χ0n) is 12.8. The van der Waals surface area contributed by atoms with Gasteiger partial charge in [0.15, 0.2) is 17.7 Å². The first kappa shape index (κ1) is 15.0. The van der Waals surface area contributed by atoms with Gasteiger partial charge in [0.1, 0.15) is 12.6 Å². The molecule has 116 valence electrons. The summed E-state index contributed by atoms with van der Waals surface area (Å²) in [6.45, 7) is 4.46. The van der Waals surface area contributed by atoms with Gasteiger partial charge in [0.05, 0.1) is 18.1 Å². The highest BCUT2D eigenvalue weighted by molar-refractivity contribution is 7.99. The van der Waals surface area contributed by atoms with E-state index >= 15 is 0 Å². The lowest BCUT2D eigenvalue weighted by Gasteiger charge is -2.10. The summed E-state index contributed by atoms with van der Waals surface area (Å²) in [4.78, 5) is 13.2. The van der Waals surface area contributed by atoms with Crippen molar-refractivity contribution in [3.8, 4) is 11.5 Å². The topological polar surface area (TPSA) is 48.6 Å². The normalized spacial score (nSPS) is 12.7. The lowest BCUT2D eigenvalue weighted by molar-refractivity contribution is -0.645. The van der Waals surface area contributed by atoms with Crippen LogP contribution in [0.3, 0.4) is 0 Å². The Morgan fingerprint density at radius 1 is 1.32 bits per heavy atom. The number of hydrogen-bond donors (Lipinski definition) is 0. The highest BCUT2D eigenvalue weighted by atomic mass is 32.2. The zero-order valence-corrected chi connectivity index (χ0v) is 13.7. The lowest BCUT2D eigenvalue weighted by atomic mass is 10.1. The van der Waals surface area contributed by atoms with Crippen LogP contribution in [0.15, 0.2) is 23.2 Å². The molecule has 0 fully saturated rings. The third-order valence-corrected chi connectivity index (χ3v) is 4.48. The Hall–Kier alpha value is -1.95. The number of rotatable bonds is 4. The van der Waals surface area contributed by atoms with Crippen molar-refractivity contribution in [3.05, 3.63) is 23.9 Å². The zero-order chi connectivity index (χ0) is 15.7. The van der Waals surface area contributed by atoms with Crippen LogP contribution in [0, 0.1) is 0 Å². The summed E-state index contributed by atoms with van der Waals surface area (Å²) in [5.41, 5.74) is 1.58. The predicted molar refractivity (Wildman–Crippen MR) is 83.6 cm³/mol. The van der Waals surface area contributed by atoms with Gasteiger partial charge in [-0.1, -0.05) is 6.92 Å². The van der Waals surface area contributed by atoms with Crippen molar-refractivity contribution in [2.75, 3.05) is 19.2 Å². The van der Waals surface area contributed by atoms with Gasteiger partial charge in [-0.25, -0.2) is 4.79 Å². The van der Waals surface area contributed by atoms with Gasteiger partial charge in [0.25, 0.3) is 0 Å². The highest BCUT2D eigenvalue weighted by Crippen LogP contribution is 2.39. The van der Waals surface area contributed by atoms with Crippen molar-refractivity contribution in [1.29, 1.82) is 0 Å². The van der Waals surface area contributed by atoms with E-state index in [0.29, 0.717) is 17.9 Å². The molecule has 0 spiro atoms. The number of aromatic nitrogens is 1. The van der Waals surface area contributed by atoms with Gasteiger partial charge in [-0.3, -0.25) is 0 Å². The maximum atomic E-state index is 12.3. The number of fused-ring (bicyclic) bond motifs is 2. The molecule has 1 aromatic carbocycles. The molecule has 1 aliphatic heterocycles. The van der Waals surface area contributed by atoms with E-state index in [-0.39, 0.29) is 12.8 Å². The average molecular weight is 320 g/mol. The third kappa shape index (κ3) is 2.47. The number of hydrogen-bond acceptors (Lipinski definition) is 5. The number of nitrogens with zero attached hydrogens (tertiary/aromatic N) is 1. The summed E-state index contributed by atoms with van der Waals surface area (Å²) < 4.78 is 18.0. The minimum absolute atomic E-state index is 0.232. The molecule has 0 atom stereocenters. The number of esters is 1. The average Bonchev–Trinajstić information content (AvgIpc) is 2.96. The molecule has 6 heteroatoms. The van der Waals surface area contributed by atoms with Crippen LogP contribution in [0.2, 0.25) is 0 Å². The van der Waals surface area contributed by atoms with Crippen LogP contribution >= 0.6 is 11.8 Å². The molecule has 0 saturated carbocycles. The van der Waals surface area contributed by atoms with Gasteiger partial charge in [0, 0.05) is 4.90 Å². The molecule has 2 aromatic rings. The Labute approximate surface area is 133 Å². The van der Waals surface area contributed by atoms with Crippen LogP contribution in [-0.4, -0.2) is 25.1 Å². The largest absolute Gasteiger partial charge is 0.462 e. The number of aryl methyl sites for hydroxylation is 1. The van der Waals surface area contributed by atoms with E-state index in [9.17, 15) is 4.79 Å². The molecule has 1 aromatic heterocycles.